The molecule has 2 aromatic rings. The first-order chi connectivity index (χ1) is 15.9. The first-order valence-electron chi connectivity index (χ1n) is 12.1. The van der Waals surface area contributed by atoms with Crippen LogP contribution < -0.4 is 10.6 Å². The van der Waals surface area contributed by atoms with Crippen molar-refractivity contribution in [1.29, 1.82) is 0 Å². The summed E-state index contributed by atoms with van der Waals surface area (Å²) in [5.74, 6) is -0.853. The van der Waals surface area contributed by atoms with Gasteiger partial charge in [-0.2, -0.15) is 0 Å². The van der Waals surface area contributed by atoms with Crippen molar-refractivity contribution in [3.05, 3.63) is 70.0 Å². The summed E-state index contributed by atoms with van der Waals surface area (Å²) in [5.41, 5.74) is 4.12. The molecule has 1 spiro atoms. The van der Waals surface area contributed by atoms with E-state index in [-0.39, 0.29) is 17.5 Å². The van der Waals surface area contributed by atoms with E-state index >= 15 is 0 Å². The van der Waals surface area contributed by atoms with E-state index in [4.69, 9.17) is 0 Å². The molecule has 6 heteroatoms. The SMILES string of the molecule is Cc1ccc(F)c(C(=O)NC2CCc3ccc(C(=O)N4CCC5(CCNCC5)CC4)cc32)c1. The molecule has 33 heavy (non-hydrogen) atoms. The van der Waals surface area contributed by atoms with Crippen molar-refractivity contribution >= 4 is 11.8 Å². The molecular weight excluding hydrogens is 417 g/mol. The number of likely N-dealkylation sites (tertiary alicyclic amines) is 1. The highest BCUT2D eigenvalue weighted by Gasteiger charge is 2.37. The van der Waals surface area contributed by atoms with Gasteiger partial charge in [0.1, 0.15) is 5.82 Å². The lowest BCUT2D eigenvalue weighted by atomic mass is 9.71. The standard InChI is InChI=1S/C27H32FN3O2/c1-18-2-6-23(28)22(16-18)25(32)30-24-7-5-19-3-4-20(17-21(19)24)26(33)31-14-10-27(11-15-31)8-12-29-13-9-27/h2-4,6,16-17,24,29H,5,7-15H2,1H3,(H,30,32). The summed E-state index contributed by atoms with van der Waals surface area (Å²) < 4.78 is 14.2. The second kappa shape index (κ2) is 8.90. The fourth-order valence-corrected chi connectivity index (χ4v) is 5.76. The summed E-state index contributed by atoms with van der Waals surface area (Å²) in [4.78, 5) is 28.0. The third kappa shape index (κ3) is 4.41. The van der Waals surface area contributed by atoms with E-state index in [1.807, 2.05) is 30.0 Å². The highest BCUT2D eigenvalue weighted by molar-refractivity contribution is 5.96. The van der Waals surface area contributed by atoms with Crippen LogP contribution in [0.4, 0.5) is 4.39 Å². The zero-order valence-electron chi connectivity index (χ0n) is 19.3. The van der Waals surface area contributed by atoms with Crippen molar-refractivity contribution in [2.45, 2.75) is 51.5 Å². The van der Waals surface area contributed by atoms with E-state index in [2.05, 4.69) is 10.6 Å². The summed E-state index contributed by atoms with van der Waals surface area (Å²) in [6, 6.07) is 10.2. The quantitative estimate of drug-likeness (QED) is 0.740. The van der Waals surface area contributed by atoms with Crippen molar-refractivity contribution in [3.63, 3.8) is 0 Å². The largest absolute Gasteiger partial charge is 0.345 e. The number of fused-ring (bicyclic) bond motifs is 1. The average Bonchev–Trinajstić information content (AvgIpc) is 3.23. The van der Waals surface area contributed by atoms with Crippen LogP contribution in [0, 0.1) is 18.2 Å². The number of benzene rings is 2. The Hall–Kier alpha value is -2.73. The van der Waals surface area contributed by atoms with Crippen LogP contribution in [0.3, 0.4) is 0 Å². The first kappa shape index (κ1) is 22.1. The Bertz CT molecular complexity index is 1070. The minimum absolute atomic E-state index is 0.0656. The van der Waals surface area contributed by atoms with Gasteiger partial charge >= 0.3 is 0 Å². The maximum absolute atomic E-state index is 14.2. The number of carbonyl (C=O) groups is 2. The Morgan fingerprint density at radius 1 is 1.06 bits per heavy atom. The van der Waals surface area contributed by atoms with Gasteiger partial charge in [0.25, 0.3) is 11.8 Å². The molecule has 1 unspecified atom stereocenters. The smallest absolute Gasteiger partial charge is 0.254 e. The van der Waals surface area contributed by atoms with Gasteiger partial charge in [0.15, 0.2) is 0 Å². The van der Waals surface area contributed by atoms with E-state index in [1.54, 1.807) is 12.1 Å². The number of hydrogen-bond donors (Lipinski definition) is 2. The van der Waals surface area contributed by atoms with E-state index in [0.29, 0.717) is 11.0 Å². The molecule has 2 fully saturated rings. The van der Waals surface area contributed by atoms with Crippen molar-refractivity contribution < 1.29 is 14.0 Å². The minimum atomic E-state index is -0.517. The zero-order chi connectivity index (χ0) is 23.0. The number of nitrogens with zero attached hydrogens (tertiary/aromatic N) is 1. The van der Waals surface area contributed by atoms with Crippen LogP contribution in [0.25, 0.3) is 0 Å². The summed E-state index contributed by atoms with van der Waals surface area (Å²) in [6.45, 7) is 5.62. The van der Waals surface area contributed by atoms with Crippen molar-refractivity contribution in [3.8, 4) is 0 Å². The van der Waals surface area contributed by atoms with Crippen LogP contribution in [0.2, 0.25) is 0 Å². The first-order valence-corrected chi connectivity index (χ1v) is 12.1. The Kier molecular flexibility index (Phi) is 5.95. The Balaban J connectivity index is 1.28. The average molecular weight is 450 g/mol. The molecule has 2 aliphatic heterocycles. The highest BCUT2D eigenvalue weighted by Crippen LogP contribution is 2.40. The molecule has 2 saturated heterocycles. The van der Waals surface area contributed by atoms with Gasteiger partial charge in [-0.05, 0) is 99.3 Å². The molecule has 2 N–H and O–H groups in total. The number of nitrogens with one attached hydrogen (secondary N) is 2. The van der Waals surface area contributed by atoms with Gasteiger partial charge in [-0.15, -0.1) is 0 Å². The lowest BCUT2D eigenvalue weighted by Gasteiger charge is -2.44. The van der Waals surface area contributed by atoms with Gasteiger partial charge < -0.3 is 15.5 Å². The predicted molar refractivity (Wildman–Crippen MR) is 126 cm³/mol. The van der Waals surface area contributed by atoms with Gasteiger partial charge in [0, 0.05) is 18.7 Å². The Labute approximate surface area is 194 Å². The summed E-state index contributed by atoms with van der Waals surface area (Å²) in [6.07, 6.45) is 6.16. The lowest BCUT2D eigenvalue weighted by molar-refractivity contribution is 0.0495. The molecule has 0 aromatic heterocycles. The highest BCUT2D eigenvalue weighted by atomic mass is 19.1. The monoisotopic (exact) mass is 449 g/mol. The van der Waals surface area contributed by atoms with Crippen LogP contribution in [-0.2, 0) is 6.42 Å². The van der Waals surface area contributed by atoms with Crippen LogP contribution >= 0.6 is 0 Å². The van der Waals surface area contributed by atoms with E-state index in [0.717, 1.165) is 68.6 Å². The van der Waals surface area contributed by atoms with Crippen LogP contribution in [0.5, 0.6) is 0 Å². The third-order valence-electron chi connectivity index (χ3n) is 7.92. The van der Waals surface area contributed by atoms with E-state index in [1.165, 1.54) is 18.9 Å². The van der Waals surface area contributed by atoms with Crippen LogP contribution in [0.15, 0.2) is 36.4 Å². The molecule has 174 valence electrons. The number of halogens is 1. The molecule has 3 aliphatic rings. The molecular formula is C27H32FN3O2. The van der Waals surface area contributed by atoms with E-state index < -0.39 is 11.7 Å². The van der Waals surface area contributed by atoms with Gasteiger partial charge in [-0.3, -0.25) is 9.59 Å². The second-order valence-corrected chi connectivity index (χ2v) is 10.0. The maximum Gasteiger partial charge on any atom is 0.254 e. The van der Waals surface area contributed by atoms with Crippen LogP contribution in [0.1, 0.15) is 75.6 Å². The van der Waals surface area contributed by atoms with Gasteiger partial charge in [-0.1, -0.05) is 17.7 Å². The third-order valence-corrected chi connectivity index (χ3v) is 7.92. The number of amides is 2. The van der Waals surface area contributed by atoms with Crippen molar-refractivity contribution in [2.75, 3.05) is 26.2 Å². The second-order valence-electron chi connectivity index (χ2n) is 10.0. The fraction of sp³-hybridized carbons (Fsp3) is 0.481. The normalized spacial score (nSPS) is 21.6. The van der Waals surface area contributed by atoms with E-state index in [9.17, 15) is 14.0 Å². The molecule has 2 aromatic carbocycles. The van der Waals surface area contributed by atoms with Crippen LogP contribution in [-0.4, -0.2) is 42.9 Å². The lowest BCUT2D eigenvalue weighted by Crippen LogP contribution is -2.47. The molecule has 2 heterocycles. The molecule has 1 aliphatic carbocycles. The molecule has 0 bridgehead atoms. The van der Waals surface area contributed by atoms with Crippen molar-refractivity contribution in [2.24, 2.45) is 5.41 Å². The van der Waals surface area contributed by atoms with Crippen molar-refractivity contribution in [1.82, 2.24) is 15.5 Å². The maximum atomic E-state index is 14.2. The number of hydrogen-bond acceptors (Lipinski definition) is 3. The Morgan fingerprint density at radius 2 is 1.82 bits per heavy atom. The molecule has 5 rings (SSSR count). The fourth-order valence-electron chi connectivity index (χ4n) is 5.76. The molecule has 5 nitrogen and oxygen atoms in total. The summed E-state index contributed by atoms with van der Waals surface area (Å²) >= 11 is 0. The summed E-state index contributed by atoms with van der Waals surface area (Å²) in [7, 11) is 0. The van der Waals surface area contributed by atoms with Gasteiger partial charge in [0.05, 0.1) is 11.6 Å². The molecule has 2 amide bonds. The number of piperidine rings is 2. The molecule has 0 saturated carbocycles. The summed E-state index contributed by atoms with van der Waals surface area (Å²) in [5, 5.41) is 6.44. The number of aryl methyl sites for hydroxylation is 2. The topological polar surface area (TPSA) is 61.4 Å². The number of carbonyl (C=O) groups excluding carboxylic acids is 2. The zero-order valence-corrected chi connectivity index (χ0v) is 19.3. The number of rotatable bonds is 3. The minimum Gasteiger partial charge on any atom is -0.345 e. The molecule has 0 radical (unpaired) electrons. The van der Waals surface area contributed by atoms with Gasteiger partial charge in [0.2, 0.25) is 0 Å². The molecule has 1 atom stereocenters. The predicted octanol–water partition coefficient (Wildman–Crippen LogP) is 4.16. The Morgan fingerprint density at radius 3 is 2.58 bits per heavy atom. The van der Waals surface area contributed by atoms with Gasteiger partial charge in [-0.25, -0.2) is 4.39 Å².